The second-order valence-corrected chi connectivity index (χ2v) is 8.41. The van der Waals surface area contributed by atoms with Crippen molar-refractivity contribution < 1.29 is 17.9 Å². The van der Waals surface area contributed by atoms with Crippen molar-refractivity contribution >= 4 is 38.9 Å². The molecule has 0 aliphatic rings. The zero-order valence-electron chi connectivity index (χ0n) is 16.5. The molecule has 0 bridgehead atoms. The topological polar surface area (TPSA) is 87.7 Å². The third-order valence-corrected chi connectivity index (χ3v) is 6.04. The van der Waals surface area contributed by atoms with Crippen LogP contribution in [-0.4, -0.2) is 43.9 Å². The fraction of sp³-hybridized carbons (Fsp3) is 0.143. The van der Waals surface area contributed by atoms with Gasteiger partial charge in [-0.3, -0.25) is 10.1 Å². The van der Waals surface area contributed by atoms with E-state index in [9.17, 15) is 13.2 Å². The minimum atomic E-state index is -3.68. The molecule has 0 radical (unpaired) electrons. The van der Waals surface area contributed by atoms with Crippen molar-refractivity contribution in [2.45, 2.75) is 4.90 Å². The lowest BCUT2D eigenvalue weighted by molar-refractivity contribution is 0.0977. The highest BCUT2D eigenvalue weighted by Gasteiger charge is 2.22. The minimum absolute atomic E-state index is 0.0892. The van der Waals surface area contributed by atoms with E-state index in [0.29, 0.717) is 17.0 Å². The van der Waals surface area contributed by atoms with Crippen LogP contribution < -0.4 is 15.4 Å². The summed E-state index contributed by atoms with van der Waals surface area (Å²) in [7, 11) is -2.14. The van der Waals surface area contributed by atoms with E-state index in [-0.39, 0.29) is 29.0 Å². The average molecular weight is 446 g/mol. The first kappa shape index (κ1) is 23.3. The number of methoxy groups -OCH3 is 1. The number of carbonyl (C=O) groups is 1. The third kappa shape index (κ3) is 5.99. The van der Waals surface area contributed by atoms with Gasteiger partial charge in [-0.2, -0.15) is 4.31 Å². The maximum absolute atomic E-state index is 12.7. The van der Waals surface area contributed by atoms with E-state index >= 15 is 0 Å². The first-order valence-corrected chi connectivity index (χ1v) is 10.7. The van der Waals surface area contributed by atoms with E-state index in [2.05, 4.69) is 23.8 Å². The molecule has 0 saturated carbocycles. The summed E-state index contributed by atoms with van der Waals surface area (Å²) in [5.74, 6) is 0.265. The maximum atomic E-state index is 12.7. The second kappa shape index (κ2) is 10.7. The highest BCUT2D eigenvalue weighted by Crippen LogP contribution is 2.19. The standard InChI is InChI=1S/C21H23N3O4S2/c1-4-14-24(15-5-2)30(26,27)19-12-8-17(9-13-19)22-21(29)23-20(25)16-6-10-18(28-3)11-7-16/h4-13H,1-2,14-15H2,3H3,(H2,22,23,25,29). The number of sulfonamides is 1. The number of hydrogen-bond donors (Lipinski definition) is 2. The molecule has 2 rings (SSSR count). The van der Waals surface area contributed by atoms with Crippen LogP contribution in [-0.2, 0) is 10.0 Å². The van der Waals surface area contributed by atoms with Gasteiger partial charge in [0.25, 0.3) is 5.91 Å². The van der Waals surface area contributed by atoms with Gasteiger partial charge in [-0.1, -0.05) is 12.2 Å². The quantitative estimate of drug-likeness (QED) is 0.455. The van der Waals surface area contributed by atoms with Crippen molar-refractivity contribution in [1.29, 1.82) is 0 Å². The zero-order valence-corrected chi connectivity index (χ0v) is 18.1. The SMILES string of the molecule is C=CCN(CC=C)S(=O)(=O)c1ccc(NC(=S)NC(=O)c2ccc(OC)cc2)cc1. The summed E-state index contributed by atoms with van der Waals surface area (Å²) in [6.45, 7) is 7.52. The van der Waals surface area contributed by atoms with E-state index in [4.69, 9.17) is 17.0 Å². The Morgan fingerprint density at radius 2 is 1.63 bits per heavy atom. The van der Waals surface area contributed by atoms with Crippen molar-refractivity contribution in [3.05, 3.63) is 79.4 Å². The number of benzene rings is 2. The van der Waals surface area contributed by atoms with Gasteiger partial charge in [0.1, 0.15) is 5.75 Å². The van der Waals surface area contributed by atoms with E-state index in [0.717, 1.165) is 0 Å². The van der Waals surface area contributed by atoms with Crippen LogP contribution in [0, 0.1) is 0 Å². The minimum Gasteiger partial charge on any atom is -0.497 e. The predicted molar refractivity (Wildman–Crippen MR) is 122 cm³/mol. The van der Waals surface area contributed by atoms with Crippen LogP contribution in [0.2, 0.25) is 0 Å². The number of nitrogens with one attached hydrogen (secondary N) is 2. The van der Waals surface area contributed by atoms with Gasteiger partial charge in [0.15, 0.2) is 5.11 Å². The van der Waals surface area contributed by atoms with Gasteiger partial charge in [-0.25, -0.2) is 8.42 Å². The number of amides is 1. The number of nitrogens with zero attached hydrogens (tertiary/aromatic N) is 1. The number of hydrogen-bond acceptors (Lipinski definition) is 5. The Balaban J connectivity index is 2.03. The number of thiocarbonyl (C=S) groups is 1. The molecular formula is C21H23N3O4S2. The lowest BCUT2D eigenvalue weighted by Crippen LogP contribution is -2.34. The molecule has 0 saturated heterocycles. The molecule has 0 spiro atoms. The van der Waals surface area contributed by atoms with Gasteiger partial charge in [0, 0.05) is 24.3 Å². The Bertz CT molecular complexity index is 1010. The van der Waals surface area contributed by atoms with Crippen LogP contribution in [0.4, 0.5) is 5.69 Å². The molecule has 158 valence electrons. The Labute approximate surface area is 182 Å². The van der Waals surface area contributed by atoms with Crippen LogP contribution in [0.15, 0.2) is 78.7 Å². The number of rotatable bonds is 9. The molecule has 30 heavy (non-hydrogen) atoms. The van der Waals surface area contributed by atoms with Gasteiger partial charge in [-0.05, 0) is 60.7 Å². The molecule has 9 heteroatoms. The lowest BCUT2D eigenvalue weighted by Gasteiger charge is -2.19. The Morgan fingerprint density at radius 3 is 2.13 bits per heavy atom. The van der Waals surface area contributed by atoms with Gasteiger partial charge in [-0.15, -0.1) is 13.2 Å². The molecule has 0 unspecified atom stereocenters. The summed E-state index contributed by atoms with van der Waals surface area (Å²) in [6, 6.07) is 12.6. The van der Waals surface area contributed by atoms with Gasteiger partial charge < -0.3 is 10.1 Å². The zero-order chi connectivity index (χ0) is 22.1. The van der Waals surface area contributed by atoms with Gasteiger partial charge in [0.05, 0.1) is 12.0 Å². The number of carbonyl (C=O) groups excluding carboxylic acids is 1. The van der Waals surface area contributed by atoms with Crippen molar-refractivity contribution in [3.63, 3.8) is 0 Å². The molecule has 0 heterocycles. The predicted octanol–water partition coefficient (Wildman–Crippen LogP) is 3.18. The molecule has 2 N–H and O–H groups in total. The van der Waals surface area contributed by atoms with E-state index in [1.54, 1.807) is 43.5 Å². The summed E-state index contributed by atoms with van der Waals surface area (Å²) < 4.78 is 31.7. The molecular weight excluding hydrogens is 422 g/mol. The molecule has 1 amide bonds. The molecule has 0 aliphatic carbocycles. The molecule has 0 aliphatic heterocycles. The summed E-state index contributed by atoms with van der Waals surface area (Å²) in [4.78, 5) is 12.4. The van der Waals surface area contributed by atoms with Crippen LogP contribution in [0.25, 0.3) is 0 Å². The van der Waals surface area contributed by atoms with Crippen LogP contribution in [0.1, 0.15) is 10.4 Å². The molecule has 2 aromatic rings. The highest BCUT2D eigenvalue weighted by molar-refractivity contribution is 7.89. The van der Waals surface area contributed by atoms with Crippen molar-refractivity contribution in [2.75, 3.05) is 25.5 Å². The Kier molecular flexibility index (Phi) is 8.28. The summed E-state index contributed by atoms with van der Waals surface area (Å²) in [5, 5.41) is 5.52. The Hall–Kier alpha value is -3.01. The molecule has 0 aromatic heterocycles. The van der Waals surface area contributed by atoms with Crippen LogP contribution >= 0.6 is 12.2 Å². The van der Waals surface area contributed by atoms with E-state index in [1.165, 1.54) is 28.6 Å². The van der Waals surface area contributed by atoms with Crippen LogP contribution in [0.3, 0.4) is 0 Å². The average Bonchev–Trinajstić information content (AvgIpc) is 2.74. The van der Waals surface area contributed by atoms with Crippen molar-refractivity contribution in [3.8, 4) is 5.75 Å². The van der Waals surface area contributed by atoms with Gasteiger partial charge in [0.2, 0.25) is 10.0 Å². The van der Waals surface area contributed by atoms with E-state index in [1.807, 2.05) is 0 Å². The molecule has 2 aromatic carbocycles. The molecule has 0 atom stereocenters. The fourth-order valence-corrected chi connectivity index (χ4v) is 4.09. The first-order valence-electron chi connectivity index (χ1n) is 8.90. The van der Waals surface area contributed by atoms with Gasteiger partial charge >= 0.3 is 0 Å². The second-order valence-electron chi connectivity index (χ2n) is 6.06. The fourth-order valence-electron chi connectivity index (χ4n) is 2.50. The molecule has 7 nitrogen and oxygen atoms in total. The summed E-state index contributed by atoms with van der Waals surface area (Å²) >= 11 is 5.16. The first-order chi connectivity index (χ1) is 14.3. The van der Waals surface area contributed by atoms with Crippen molar-refractivity contribution in [2.24, 2.45) is 0 Å². The van der Waals surface area contributed by atoms with E-state index < -0.39 is 10.0 Å². The smallest absolute Gasteiger partial charge is 0.257 e. The normalized spacial score (nSPS) is 10.9. The number of ether oxygens (including phenoxy) is 1. The highest BCUT2D eigenvalue weighted by atomic mass is 32.2. The largest absolute Gasteiger partial charge is 0.497 e. The Morgan fingerprint density at radius 1 is 1.07 bits per heavy atom. The lowest BCUT2D eigenvalue weighted by atomic mass is 10.2. The van der Waals surface area contributed by atoms with Crippen molar-refractivity contribution in [1.82, 2.24) is 9.62 Å². The maximum Gasteiger partial charge on any atom is 0.257 e. The third-order valence-electron chi connectivity index (χ3n) is 3.99. The monoisotopic (exact) mass is 445 g/mol. The van der Waals surface area contributed by atoms with Crippen LogP contribution in [0.5, 0.6) is 5.75 Å². The molecule has 0 fully saturated rings. The summed E-state index contributed by atoms with van der Waals surface area (Å²) in [6.07, 6.45) is 3.03. The summed E-state index contributed by atoms with van der Waals surface area (Å²) in [5.41, 5.74) is 0.957. The number of anilines is 1.